The van der Waals surface area contributed by atoms with E-state index in [9.17, 15) is 4.79 Å². The molecule has 140 valence electrons. The monoisotopic (exact) mass is 361 g/mol. The van der Waals surface area contributed by atoms with Crippen molar-refractivity contribution in [3.63, 3.8) is 0 Å². The zero-order valence-electron chi connectivity index (χ0n) is 15.9. The maximum atomic E-state index is 12.7. The van der Waals surface area contributed by atoms with Gasteiger partial charge in [-0.2, -0.15) is 5.10 Å². The predicted octanol–water partition coefficient (Wildman–Crippen LogP) is 4.83. The molecule has 0 aliphatic heterocycles. The standard InChI is InChI=1S/C23H27N3O/c1-2-7-24-26-22(27)21-11-19(18-5-3-4-6-20(18)25-21)23-12-15-8-16(13-23)10-17(9-15)14-23/h3-7,11,15-17H,2,8-10,12-14H2,1H3,(H,26,27)/b24-7+. The maximum absolute atomic E-state index is 12.7. The number of hydrazone groups is 1. The molecule has 1 N–H and O–H groups in total. The number of amides is 1. The van der Waals surface area contributed by atoms with Crippen molar-refractivity contribution < 1.29 is 4.79 Å². The lowest BCUT2D eigenvalue weighted by molar-refractivity contribution is -0.00453. The van der Waals surface area contributed by atoms with Crippen molar-refractivity contribution in [3.8, 4) is 0 Å². The lowest BCUT2D eigenvalue weighted by atomic mass is 9.48. The van der Waals surface area contributed by atoms with Crippen molar-refractivity contribution in [3.05, 3.63) is 41.6 Å². The number of hydrogen-bond donors (Lipinski definition) is 1. The van der Waals surface area contributed by atoms with E-state index in [2.05, 4.69) is 33.7 Å². The van der Waals surface area contributed by atoms with Crippen LogP contribution in [0.3, 0.4) is 0 Å². The molecule has 0 atom stereocenters. The van der Waals surface area contributed by atoms with Crippen molar-refractivity contribution in [1.29, 1.82) is 0 Å². The number of rotatable bonds is 4. The molecule has 27 heavy (non-hydrogen) atoms. The molecule has 2 aromatic rings. The summed E-state index contributed by atoms with van der Waals surface area (Å²) in [5, 5.41) is 5.23. The van der Waals surface area contributed by atoms with Crippen LogP contribution in [-0.4, -0.2) is 17.1 Å². The number of nitrogens with one attached hydrogen (secondary N) is 1. The van der Waals surface area contributed by atoms with Gasteiger partial charge in [-0.3, -0.25) is 4.79 Å². The first-order valence-corrected chi connectivity index (χ1v) is 10.4. The quantitative estimate of drug-likeness (QED) is 0.626. The highest BCUT2D eigenvalue weighted by atomic mass is 16.2. The maximum Gasteiger partial charge on any atom is 0.289 e. The van der Waals surface area contributed by atoms with E-state index >= 15 is 0 Å². The summed E-state index contributed by atoms with van der Waals surface area (Å²) in [5.41, 5.74) is 5.65. The largest absolute Gasteiger partial charge is 0.289 e. The Morgan fingerprint density at radius 3 is 2.52 bits per heavy atom. The number of pyridine rings is 1. The molecule has 0 spiro atoms. The van der Waals surface area contributed by atoms with Gasteiger partial charge in [0.05, 0.1) is 5.52 Å². The number of carbonyl (C=O) groups is 1. The van der Waals surface area contributed by atoms with Crippen LogP contribution < -0.4 is 5.43 Å². The van der Waals surface area contributed by atoms with Gasteiger partial charge >= 0.3 is 0 Å². The second kappa shape index (κ2) is 6.43. The van der Waals surface area contributed by atoms with Crippen LogP contribution in [0, 0.1) is 17.8 Å². The summed E-state index contributed by atoms with van der Waals surface area (Å²) in [6, 6.07) is 10.4. The third kappa shape index (κ3) is 2.86. The molecule has 4 aliphatic rings. The van der Waals surface area contributed by atoms with Crippen molar-refractivity contribution in [2.45, 2.75) is 57.3 Å². The van der Waals surface area contributed by atoms with Gasteiger partial charge in [-0.25, -0.2) is 10.4 Å². The molecule has 1 heterocycles. The topological polar surface area (TPSA) is 54.4 Å². The average molecular weight is 361 g/mol. The summed E-state index contributed by atoms with van der Waals surface area (Å²) >= 11 is 0. The van der Waals surface area contributed by atoms with E-state index in [1.54, 1.807) is 6.21 Å². The molecule has 4 fully saturated rings. The van der Waals surface area contributed by atoms with E-state index in [1.807, 2.05) is 19.1 Å². The number of benzene rings is 1. The van der Waals surface area contributed by atoms with E-state index in [-0.39, 0.29) is 11.3 Å². The normalized spacial score (nSPS) is 31.7. The molecular formula is C23H27N3O. The Labute approximate surface area is 160 Å². The number of nitrogens with zero attached hydrogens (tertiary/aromatic N) is 2. The third-order valence-electron chi connectivity index (χ3n) is 7.00. The Morgan fingerprint density at radius 2 is 1.85 bits per heavy atom. The summed E-state index contributed by atoms with van der Waals surface area (Å²) in [5.74, 6) is 2.40. The SMILES string of the molecule is CC/C=N/NC(=O)c1cc(C23CC4CC(CC(C4)C2)C3)c2ccccc2n1. The molecule has 6 rings (SSSR count). The number of aromatic nitrogens is 1. The minimum atomic E-state index is -0.212. The van der Waals surface area contributed by atoms with Crippen molar-refractivity contribution in [1.82, 2.24) is 10.4 Å². The van der Waals surface area contributed by atoms with Crippen LogP contribution in [0.25, 0.3) is 10.9 Å². The lowest BCUT2D eigenvalue weighted by Crippen LogP contribution is -2.48. The highest BCUT2D eigenvalue weighted by Gasteiger charge is 2.52. The van der Waals surface area contributed by atoms with E-state index < -0.39 is 0 Å². The summed E-state index contributed by atoms with van der Waals surface area (Å²) in [7, 11) is 0. The van der Waals surface area contributed by atoms with Crippen molar-refractivity contribution >= 4 is 23.0 Å². The van der Waals surface area contributed by atoms with Gasteiger partial charge in [-0.1, -0.05) is 25.1 Å². The van der Waals surface area contributed by atoms with Gasteiger partial charge in [0.25, 0.3) is 5.91 Å². The molecule has 0 saturated heterocycles. The fourth-order valence-electron chi connectivity index (χ4n) is 6.42. The molecule has 4 bridgehead atoms. The van der Waals surface area contributed by atoms with Gasteiger partial charge in [-0.15, -0.1) is 0 Å². The van der Waals surface area contributed by atoms with Crippen LogP contribution in [0.5, 0.6) is 0 Å². The fourth-order valence-corrected chi connectivity index (χ4v) is 6.42. The van der Waals surface area contributed by atoms with E-state index in [4.69, 9.17) is 0 Å². The predicted molar refractivity (Wildman–Crippen MR) is 108 cm³/mol. The molecule has 1 amide bonds. The highest BCUT2D eigenvalue weighted by molar-refractivity contribution is 5.96. The lowest BCUT2D eigenvalue weighted by Gasteiger charge is -2.57. The zero-order chi connectivity index (χ0) is 18.4. The van der Waals surface area contributed by atoms with Gasteiger partial charge in [0.2, 0.25) is 0 Å². The van der Waals surface area contributed by atoms with Gasteiger partial charge in [0.15, 0.2) is 0 Å². The Balaban J connectivity index is 1.61. The molecule has 4 heteroatoms. The van der Waals surface area contributed by atoms with Crippen LogP contribution in [0.4, 0.5) is 0 Å². The number of carbonyl (C=O) groups excluding carboxylic acids is 1. The first kappa shape index (κ1) is 16.9. The smallest absolute Gasteiger partial charge is 0.266 e. The van der Waals surface area contributed by atoms with Crippen molar-refractivity contribution in [2.24, 2.45) is 22.9 Å². The summed E-state index contributed by atoms with van der Waals surface area (Å²) in [6.07, 6.45) is 10.6. The second-order valence-corrected chi connectivity index (χ2v) is 8.93. The fraction of sp³-hybridized carbons (Fsp3) is 0.522. The first-order valence-electron chi connectivity index (χ1n) is 10.4. The van der Waals surface area contributed by atoms with Crippen molar-refractivity contribution in [2.75, 3.05) is 0 Å². The van der Waals surface area contributed by atoms with Crippen LogP contribution >= 0.6 is 0 Å². The Hall–Kier alpha value is -2.23. The summed E-state index contributed by atoms with van der Waals surface area (Å²) < 4.78 is 0. The first-order chi connectivity index (χ1) is 13.2. The highest BCUT2D eigenvalue weighted by Crippen LogP contribution is 2.61. The van der Waals surface area contributed by atoms with Gasteiger partial charge in [0, 0.05) is 11.6 Å². The van der Waals surface area contributed by atoms with Gasteiger partial charge < -0.3 is 0 Å². The Kier molecular flexibility index (Phi) is 4.03. The van der Waals surface area contributed by atoms with Gasteiger partial charge in [0.1, 0.15) is 5.69 Å². The van der Waals surface area contributed by atoms with Gasteiger partial charge in [-0.05, 0) is 85.8 Å². The molecule has 0 radical (unpaired) electrons. The van der Waals surface area contributed by atoms with Crippen LogP contribution in [-0.2, 0) is 5.41 Å². The Bertz CT molecular complexity index is 882. The molecule has 1 aromatic heterocycles. The third-order valence-corrected chi connectivity index (χ3v) is 7.00. The average Bonchev–Trinajstić information content (AvgIpc) is 2.66. The van der Waals surface area contributed by atoms with E-state index in [1.165, 1.54) is 49.5 Å². The minimum absolute atomic E-state index is 0.212. The molecular weight excluding hydrogens is 334 g/mol. The zero-order valence-corrected chi connectivity index (χ0v) is 15.9. The molecule has 4 nitrogen and oxygen atoms in total. The summed E-state index contributed by atoms with van der Waals surface area (Å²) in [4.78, 5) is 17.3. The molecule has 0 unspecified atom stereocenters. The second-order valence-electron chi connectivity index (χ2n) is 8.93. The minimum Gasteiger partial charge on any atom is -0.266 e. The number of para-hydroxylation sites is 1. The van der Waals surface area contributed by atoms with Crippen LogP contribution in [0.2, 0.25) is 0 Å². The molecule has 4 aliphatic carbocycles. The van der Waals surface area contributed by atoms with Crippen LogP contribution in [0.15, 0.2) is 35.4 Å². The number of hydrogen-bond acceptors (Lipinski definition) is 3. The molecule has 4 saturated carbocycles. The van der Waals surface area contributed by atoms with Crippen LogP contribution in [0.1, 0.15) is 67.9 Å². The Morgan fingerprint density at radius 1 is 1.19 bits per heavy atom. The van der Waals surface area contributed by atoms with E-state index in [0.29, 0.717) is 5.69 Å². The van der Waals surface area contributed by atoms with E-state index in [0.717, 1.165) is 29.7 Å². The number of fused-ring (bicyclic) bond motifs is 1. The molecule has 1 aromatic carbocycles. The summed E-state index contributed by atoms with van der Waals surface area (Å²) in [6.45, 7) is 2.00.